The molecule has 2 unspecified atom stereocenters. The van der Waals surface area contributed by atoms with Crippen molar-refractivity contribution in [3.63, 3.8) is 0 Å². The molecule has 0 bridgehead atoms. The summed E-state index contributed by atoms with van der Waals surface area (Å²) in [4.78, 5) is 53.8. The Kier molecular flexibility index (Phi) is 6.63. The maximum atomic E-state index is 13.1. The zero-order valence-corrected chi connectivity index (χ0v) is 17.7. The number of rotatable bonds is 4. The first-order valence-electron chi connectivity index (χ1n) is 10.3. The molecule has 3 heterocycles. The Morgan fingerprint density at radius 1 is 1.23 bits per heavy atom. The molecule has 10 nitrogen and oxygen atoms in total. The second kappa shape index (κ2) is 9.19. The minimum Gasteiger partial charge on any atom is -0.354 e. The molecule has 164 valence electrons. The first-order chi connectivity index (χ1) is 14.3. The van der Waals surface area contributed by atoms with Crippen LogP contribution < -0.4 is 16.0 Å². The molecule has 3 rings (SSSR count). The first-order valence-corrected chi connectivity index (χ1v) is 10.3. The van der Waals surface area contributed by atoms with Gasteiger partial charge in [0.05, 0.1) is 6.54 Å². The predicted octanol–water partition coefficient (Wildman–Crippen LogP) is -0.336. The SMILES string of the molecule is CC(C)NC(=O)N1CCN(C(=O)c2cccn2C)CC1C(=O)NC1CCCNC1=O. The van der Waals surface area contributed by atoms with Gasteiger partial charge in [-0.3, -0.25) is 14.4 Å². The second-order valence-corrected chi connectivity index (χ2v) is 8.06. The zero-order valence-electron chi connectivity index (χ0n) is 17.7. The van der Waals surface area contributed by atoms with Gasteiger partial charge in [0.2, 0.25) is 11.8 Å². The minimum absolute atomic E-state index is 0.0652. The van der Waals surface area contributed by atoms with Gasteiger partial charge in [0.15, 0.2) is 0 Å². The number of hydrogen-bond donors (Lipinski definition) is 3. The molecule has 10 heteroatoms. The molecule has 2 fully saturated rings. The number of piperidine rings is 1. The van der Waals surface area contributed by atoms with Crippen LogP contribution >= 0.6 is 0 Å². The molecular weight excluding hydrogens is 388 g/mol. The number of hydrogen-bond acceptors (Lipinski definition) is 4. The number of aromatic nitrogens is 1. The molecule has 0 aliphatic carbocycles. The van der Waals surface area contributed by atoms with E-state index in [2.05, 4.69) is 16.0 Å². The van der Waals surface area contributed by atoms with Crippen LogP contribution in [0.15, 0.2) is 18.3 Å². The minimum atomic E-state index is -0.878. The van der Waals surface area contributed by atoms with Crippen LogP contribution in [0.1, 0.15) is 37.2 Å². The third-order valence-corrected chi connectivity index (χ3v) is 5.41. The van der Waals surface area contributed by atoms with E-state index >= 15 is 0 Å². The van der Waals surface area contributed by atoms with E-state index in [0.717, 1.165) is 6.42 Å². The summed E-state index contributed by atoms with van der Waals surface area (Å²) in [5, 5.41) is 8.32. The number of carbonyl (C=O) groups is 4. The van der Waals surface area contributed by atoms with Gasteiger partial charge >= 0.3 is 6.03 Å². The number of nitrogens with one attached hydrogen (secondary N) is 3. The van der Waals surface area contributed by atoms with Crippen molar-refractivity contribution in [1.82, 2.24) is 30.3 Å². The van der Waals surface area contributed by atoms with Gasteiger partial charge < -0.3 is 30.3 Å². The van der Waals surface area contributed by atoms with Gasteiger partial charge in [-0.1, -0.05) is 0 Å². The fourth-order valence-electron chi connectivity index (χ4n) is 3.79. The van der Waals surface area contributed by atoms with Gasteiger partial charge in [-0.2, -0.15) is 0 Å². The topological polar surface area (TPSA) is 116 Å². The Morgan fingerprint density at radius 2 is 2.00 bits per heavy atom. The predicted molar refractivity (Wildman–Crippen MR) is 110 cm³/mol. The second-order valence-electron chi connectivity index (χ2n) is 8.06. The molecule has 2 saturated heterocycles. The summed E-state index contributed by atoms with van der Waals surface area (Å²) in [5.74, 6) is -0.847. The number of piperazine rings is 1. The van der Waals surface area contributed by atoms with E-state index in [4.69, 9.17) is 0 Å². The molecule has 1 aromatic rings. The Hall–Kier alpha value is -3.04. The van der Waals surface area contributed by atoms with E-state index in [-0.39, 0.29) is 37.0 Å². The lowest BCUT2D eigenvalue weighted by molar-refractivity contribution is -0.133. The van der Waals surface area contributed by atoms with Crippen molar-refractivity contribution in [3.05, 3.63) is 24.0 Å². The lowest BCUT2D eigenvalue weighted by Crippen LogP contribution is -2.65. The number of urea groups is 1. The maximum Gasteiger partial charge on any atom is 0.318 e. The molecule has 0 spiro atoms. The molecule has 1 aromatic heterocycles. The summed E-state index contributed by atoms with van der Waals surface area (Å²) >= 11 is 0. The smallest absolute Gasteiger partial charge is 0.318 e. The number of amides is 5. The van der Waals surface area contributed by atoms with Crippen LogP contribution in [0.25, 0.3) is 0 Å². The summed E-state index contributed by atoms with van der Waals surface area (Å²) in [6, 6.07) is 1.56. The Bertz CT molecular complexity index is 820. The summed E-state index contributed by atoms with van der Waals surface area (Å²) < 4.78 is 1.72. The number of aryl methyl sites for hydroxylation is 1. The normalized spacial score (nSPS) is 21.9. The van der Waals surface area contributed by atoms with E-state index in [1.165, 1.54) is 4.90 Å². The van der Waals surface area contributed by atoms with E-state index in [9.17, 15) is 19.2 Å². The highest BCUT2D eigenvalue weighted by molar-refractivity contribution is 5.95. The van der Waals surface area contributed by atoms with Gasteiger partial charge in [-0.15, -0.1) is 0 Å². The molecular formula is C20H30N6O4. The van der Waals surface area contributed by atoms with Crippen molar-refractivity contribution in [2.24, 2.45) is 7.05 Å². The number of nitrogens with zero attached hydrogens (tertiary/aromatic N) is 3. The van der Waals surface area contributed by atoms with E-state index in [0.29, 0.717) is 25.2 Å². The van der Waals surface area contributed by atoms with E-state index < -0.39 is 18.0 Å². The van der Waals surface area contributed by atoms with Gasteiger partial charge in [-0.05, 0) is 38.8 Å². The summed E-state index contributed by atoms with van der Waals surface area (Å²) in [6.45, 7) is 4.89. The van der Waals surface area contributed by atoms with Crippen molar-refractivity contribution in [2.45, 2.75) is 44.8 Å². The standard InChI is InChI=1S/C20H30N6O4/c1-13(2)22-20(30)26-11-10-25(19(29)15-7-5-9-24(15)3)12-16(26)18(28)23-14-6-4-8-21-17(14)27/h5,7,9,13-14,16H,4,6,8,10-12H2,1-3H3,(H,21,27)(H,22,30)(H,23,28). The lowest BCUT2D eigenvalue weighted by atomic mass is 10.1. The monoisotopic (exact) mass is 418 g/mol. The van der Waals surface area contributed by atoms with Gasteiger partial charge in [0.1, 0.15) is 17.8 Å². The highest BCUT2D eigenvalue weighted by Gasteiger charge is 2.39. The molecule has 3 N–H and O–H groups in total. The molecule has 0 aromatic carbocycles. The average molecular weight is 418 g/mol. The van der Waals surface area contributed by atoms with Crippen molar-refractivity contribution >= 4 is 23.8 Å². The highest BCUT2D eigenvalue weighted by atomic mass is 16.2. The third kappa shape index (κ3) is 4.74. The fourth-order valence-corrected chi connectivity index (χ4v) is 3.79. The van der Waals surface area contributed by atoms with Crippen LogP contribution in [0.3, 0.4) is 0 Å². The van der Waals surface area contributed by atoms with Crippen LogP contribution in [0.2, 0.25) is 0 Å². The summed E-state index contributed by atoms with van der Waals surface area (Å²) in [7, 11) is 1.78. The first kappa shape index (κ1) is 21.7. The van der Waals surface area contributed by atoms with Gasteiger partial charge in [-0.25, -0.2) is 4.79 Å². The fraction of sp³-hybridized carbons (Fsp3) is 0.600. The quantitative estimate of drug-likeness (QED) is 0.621. The molecule has 5 amide bonds. The van der Waals surface area contributed by atoms with E-state index in [1.807, 2.05) is 13.8 Å². The molecule has 0 radical (unpaired) electrons. The zero-order chi connectivity index (χ0) is 21.8. The van der Waals surface area contributed by atoms with E-state index in [1.54, 1.807) is 34.8 Å². The van der Waals surface area contributed by atoms with Crippen molar-refractivity contribution in [2.75, 3.05) is 26.2 Å². The van der Waals surface area contributed by atoms with Crippen LogP contribution in [0, 0.1) is 0 Å². The molecule has 2 aliphatic rings. The maximum absolute atomic E-state index is 13.1. The van der Waals surface area contributed by atoms with Gasteiger partial charge in [0, 0.05) is 38.9 Å². The average Bonchev–Trinajstić information content (AvgIpc) is 3.14. The van der Waals surface area contributed by atoms with Crippen LogP contribution in [0.4, 0.5) is 4.79 Å². The summed E-state index contributed by atoms with van der Waals surface area (Å²) in [6.07, 6.45) is 3.11. The molecule has 2 aliphatic heterocycles. The van der Waals surface area contributed by atoms with Crippen molar-refractivity contribution < 1.29 is 19.2 Å². The van der Waals surface area contributed by atoms with Crippen LogP contribution in [-0.4, -0.2) is 82.4 Å². The largest absolute Gasteiger partial charge is 0.354 e. The molecule has 2 atom stereocenters. The lowest BCUT2D eigenvalue weighted by Gasteiger charge is -2.41. The van der Waals surface area contributed by atoms with Crippen LogP contribution in [-0.2, 0) is 16.6 Å². The van der Waals surface area contributed by atoms with Crippen molar-refractivity contribution in [3.8, 4) is 0 Å². The van der Waals surface area contributed by atoms with Gasteiger partial charge in [0.25, 0.3) is 5.91 Å². The van der Waals surface area contributed by atoms with Crippen LogP contribution in [0.5, 0.6) is 0 Å². The third-order valence-electron chi connectivity index (χ3n) is 5.41. The Balaban J connectivity index is 1.77. The number of carbonyl (C=O) groups excluding carboxylic acids is 4. The Morgan fingerprint density at radius 3 is 2.63 bits per heavy atom. The molecule has 30 heavy (non-hydrogen) atoms. The Labute approximate surface area is 175 Å². The highest BCUT2D eigenvalue weighted by Crippen LogP contribution is 2.16. The van der Waals surface area contributed by atoms with Crippen molar-refractivity contribution in [1.29, 1.82) is 0 Å². The molecule has 0 saturated carbocycles. The summed E-state index contributed by atoms with van der Waals surface area (Å²) in [5.41, 5.74) is 0.515.